The predicted octanol–water partition coefficient (Wildman–Crippen LogP) is 2.97. The molecule has 0 aliphatic heterocycles. The Morgan fingerprint density at radius 1 is 1.11 bits per heavy atom. The number of nitrogens with one attached hydrogen (secondary N) is 1. The SMILES string of the molecule is Cc1ccc(CNCc2ccc(CC(=O)O)s2)cc1. The minimum Gasteiger partial charge on any atom is -0.481 e. The van der Waals surface area contributed by atoms with Gasteiger partial charge in [0, 0.05) is 22.8 Å². The van der Waals surface area contributed by atoms with Crippen LogP contribution in [0.1, 0.15) is 20.9 Å². The Bertz CT molecular complexity index is 546. The fourth-order valence-electron chi connectivity index (χ4n) is 1.80. The first kappa shape index (κ1) is 13.8. The van der Waals surface area contributed by atoms with Crippen LogP contribution in [0, 0.1) is 6.92 Å². The quantitative estimate of drug-likeness (QED) is 0.852. The van der Waals surface area contributed by atoms with Gasteiger partial charge >= 0.3 is 5.97 Å². The molecule has 1 aromatic carbocycles. The summed E-state index contributed by atoms with van der Waals surface area (Å²) >= 11 is 1.56. The van der Waals surface area contributed by atoms with Crippen LogP contribution in [-0.4, -0.2) is 11.1 Å². The van der Waals surface area contributed by atoms with Crippen molar-refractivity contribution in [1.29, 1.82) is 0 Å². The van der Waals surface area contributed by atoms with E-state index >= 15 is 0 Å². The largest absolute Gasteiger partial charge is 0.481 e. The molecule has 0 bridgehead atoms. The van der Waals surface area contributed by atoms with E-state index in [4.69, 9.17) is 5.11 Å². The van der Waals surface area contributed by atoms with Crippen LogP contribution in [0.25, 0.3) is 0 Å². The van der Waals surface area contributed by atoms with Crippen LogP contribution in [-0.2, 0) is 24.3 Å². The molecule has 0 aliphatic carbocycles. The highest BCUT2D eigenvalue weighted by Crippen LogP contribution is 2.17. The Morgan fingerprint density at radius 2 is 1.79 bits per heavy atom. The van der Waals surface area contributed by atoms with Crippen LogP contribution in [0.5, 0.6) is 0 Å². The second-order valence-corrected chi connectivity index (χ2v) is 5.78. The third-order valence-corrected chi connectivity index (χ3v) is 3.88. The highest BCUT2D eigenvalue weighted by Gasteiger charge is 2.04. The molecule has 0 saturated carbocycles. The Hall–Kier alpha value is -1.65. The molecule has 2 aromatic rings. The van der Waals surface area contributed by atoms with Gasteiger partial charge in [-0.3, -0.25) is 4.79 Å². The van der Waals surface area contributed by atoms with E-state index in [0.29, 0.717) is 0 Å². The van der Waals surface area contributed by atoms with Gasteiger partial charge in [-0.15, -0.1) is 11.3 Å². The summed E-state index contributed by atoms with van der Waals surface area (Å²) in [5.74, 6) is -0.777. The molecule has 0 saturated heterocycles. The first-order chi connectivity index (χ1) is 9.13. The maximum atomic E-state index is 10.6. The molecule has 2 rings (SSSR count). The summed E-state index contributed by atoms with van der Waals surface area (Å²) in [7, 11) is 0. The van der Waals surface area contributed by atoms with Gasteiger partial charge < -0.3 is 10.4 Å². The molecule has 3 nitrogen and oxygen atoms in total. The molecule has 4 heteroatoms. The van der Waals surface area contributed by atoms with Crippen LogP contribution in [0.15, 0.2) is 36.4 Å². The number of carbonyl (C=O) groups is 1. The van der Waals surface area contributed by atoms with Crippen molar-refractivity contribution in [2.75, 3.05) is 0 Å². The van der Waals surface area contributed by atoms with Gasteiger partial charge in [0.1, 0.15) is 0 Å². The Labute approximate surface area is 116 Å². The monoisotopic (exact) mass is 275 g/mol. The van der Waals surface area contributed by atoms with E-state index in [-0.39, 0.29) is 6.42 Å². The lowest BCUT2D eigenvalue weighted by atomic mass is 10.1. The topological polar surface area (TPSA) is 49.3 Å². The number of rotatable bonds is 6. The standard InChI is InChI=1S/C15H17NO2S/c1-11-2-4-12(5-3-11)9-16-10-14-7-6-13(19-14)8-15(17)18/h2-7,16H,8-10H2,1H3,(H,17,18). The molecule has 0 unspecified atom stereocenters. The van der Waals surface area contributed by atoms with Gasteiger partial charge in [0.2, 0.25) is 0 Å². The summed E-state index contributed by atoms with van der Waals surface area (Å²) in [4.78, 5) is 12.7. The van der Waals surface area contributed by atoms with Gasteiger partial charge in [-0.25, -0.2) is 0 Å². The Morgan fingerprint density at radius 3 is 2.47 bits per heavy atom. The zero-order valence-electron chi connectivity index (χ0n) is 10.8. The Balaban J connectivity index is 1.80. The van der Waals surface area contributed by atoms with Crippen molar-refractivity contribution < 1.29 is 9.90 Å². The zero-order chi connectivity index (χ0) is 13.7. The molecule has 100 valence electrons. The molecule has 0 spiro atoms. The molecule has 19 heavy (non-hydrogen) atoms. The zero-order valence-corrected chi connectivity index (χ0v) is 11.7. The number of carboxylic acid groups (broad SMARTS) is 1. The van der Waals surface area contributed by atoms with E-state index in [0.717, 1.165) is 18.0 Å². The van der Waals surface area contributed by atoms with Crippen molar-refractivity contribution in [3.05, 3.63) is 57.3 Å². The normalized spacial score (nSPS) is 10.6. The molecule has 0 aliphatic rings. The van der Waals surface area contributed by atoms with Crippen molar-refractivity contribution >= 4 is 17.3 Å². The minimum absolute atomic E-state index is 0.114. The number of hydrogen-bond acceptors (Lipinski definition) is 3. The summed E-state index contributed by atoms with van der Waals surface area (Å²) in [5, 5.41) is 12.1. The fourth-order valence-corrected chi connectivity index (χ4v) is 2.78. The van der Waals surface area contributed by atoms with Gasteiger partial charge in [-0.1, -0.05) is 29.8 Å². The third-order valence-electron chi connectivity index (χ3n) is 2.79. The number of carboxylic acids is 1. The maximum absolute atomic E-state index is 10.6. The first-order valence-electron chi connectivity index (χ1n) is 6.19. The average Bonchev–Trinajstić information content (AvgIpc) is 2.78. The molecule has 1 heterocycles. The smallest absolute Gasteiger partial charge is 0.308 e. The average molecular weight is 275 g/mol. The van der Waals surface area contributed by atoms with E-state index in [1.165, 1.54) is 16.0 Å². The molecule has 0 amide bonds. The molecule has 0 atom stereocenters. The fraction of sp³-hybridized carbons (Fsp3) is 0.267. The highest BCUT2D eigenvalue weighted by molar-refractivity contribution is 7.12. The number of aliphatic carboxylic acids is 1. The summed E-state index contributed by atoms with van der Waals surface area (Å²) in [5.41, 5.74) is 2.52. The van der Waals surface area contributed by atoms with Crippen LogP contribution in [0.4, 0.5) is 0 Å². The van der Waals surface area contributed by atoms with Crippen LogP contribution < -0.4 is 5.32 Å². The maximum Gasteiger partial charge on any atom is 0.308 e. The van der Waals surface area contributed by atoms with Crippen LogP contribution >= 0.6 is 11.3 Å². The van der Waals surface area contributed by atoms with Crippen molar-refractivity contribution in [1.82, 2.24) is 5.32 Å². The number of hydrogen-bond donors (Lipinski definition) is 2. The van der Waals surface area contributed by atoms with Crippen LogP contribution in [0.3, 0.4) is 0 Å². The second-order valence-electron chi connectivity index (χ2n) is 4.53. The summed E-state index contributed by atoms with van der Waals surface area (Å²) in [6.07, 6.45) is 0.114. The van der Waals surface area contributed by atoms with Crippen molar-refractivity contribution in [2.45, 2.75) is 26.4 Å². The lowest BCUT2D eigenvalue weighted by Crippen LogP contribution is -2.11. The third kappa shape index (κ3) is 4.50. The van der Waals surface area contributed by atoms with E-state index in [1.54, 1.807) is 11.3 Å². The van der Waals surface area contributed by atoms with Crippen molar-refractivity contribution in [3.8, 4) is 0 Å². The lowest BCUT2D eigenvalue weighted by Gasteiger charge is -2.03. The van der Waals surface area contributed by atoms with Gasteiger partial charge in [-0.2, -0.15) is 0 Å². The van der Waals surface area contributed by atoms with E-state index in [1.807, 2.05) is 12.1 Å². The molecule has 2 N–H and O–H groups in total. The van der Waals surface area contributed by atoms with Gasteiger partial charge in [0.05, 0.1) is 6.42 Å². The van der Waals surface area contributed by atoms with Gasteiger partial charge in [0.15, 0.2) is 0 Å². The van der Waals surface area contributed by atoms with Crippen molar-refractivity contribution in [3.63, 3.8) is 0 Å². The molecule has 0 fully saturated rings. The number of benzene rings is 1. The summed E-state index contributed by atoms with van der Waals surface area (Å²) in [6, 6.07) is 12.3. The second kappa shape index (κ2) is 6.50. The number of aryl methyl sites for hydroxylation is 1. The highest BCUT2D eigenvalue weighted by atomic mass is 32.1. The number of thiophene rings is 1. The van der Waals surface area contributed by atoms with Gasteiger partial charge in [0.25, 0.3) is 0 Å². The minimum atomic E-state index is -0.777. The summed E-state index contributed by atoms with van der Waals surface area (Å²) in [6.45, 7) is 3.68. The van der Waals surface area contributed by atoms with E-state index < -0.39 is 5.97 Å². The van der Waals surface area contributed by atoms with Crippen LogP contribution in [0.2, 0.25) is 0 Å². The predicted molar refractivity (Wildman–Crippen MR) is 77.4 cm³/mol. The van der Waals surface area contributed by atoms with Gasteiger partial charge in [-0.05, 0) is 24.6 Å². The molecular formula is C15H17NO2S. The molecular weight excluding hydrogens is 258 g/mol. The van der Waals surface area contributed by atoms with Crippen molar-refractivity contribution in [2.24, 2.45) is 0 Å². The van der Waals surface area contributed by atoms with E-state index in [2.05, 4.69) is 36.5 Å². The Kier molecular flexibility index (Phi) is 4.71. The molecule has 0 radical (unpaired) electrons. The molecule has 1 aromatic heterocycles. The first-order valence-corrected chi connectivity index (χ1v) is 7.01. The van der Waals surface area contributed by atoms with E-state index in [9.17, 15) is 4.79 Å². The lowest BCUT2D eigenvalue weighted by molar-refractivity contribution is -0.136. The summed E-state index contributed by atoms with van der Waals surface area (Å²) < 4.78 is 0.